The zero-order valence-electron chi connectivity index (χ0n) is 11.1. The Morgan fingerprint density at radius 1 is 1.12 bits per heavy atom. The molecule has 3 N–H and O–H groups in total. The fourth-order valence-corrected chi connectivity index (χ4v) is 2.93. The van der Waals surface area contributed by atoms with E-state index < -0.39 is 0 Å². The van der Waals surface area contributed by atoms with Gasteiger partial charge in [0.05, 0.1) is 13.2 Å². The lowest BCUT2D eigenvalue weighted by atomic mass is 9.85. The molecule has 1 fully saturated rings. The van der Waals surface area contributed by atoms with Crippen molar-refractivity contribution in [2.24, 2.45) is 5.41 Å². The van der Waals surface area contributed by atoms with Gasteiger partial charge in [0, 0.05) is 26.2 Å². The Kier molecular flexibility index (Phi) is 7.04. The maximum atomic E-state index is 9.06. The zero-order valence-corrected chi connectivity index (χ0v) is 11.1. The second-order valence-corrected chi connectivity index (χ2v) is 5.21. The van der Waals surface area contributed by atoms with Crippen LogP contribution in [-0.2, 0) is 0 Å². The molecule has 0 amide bonds. The summed E-state index contributed by atoms with van der Waals surface area (Å²) in [5.41, 5.74) is 0.361. The molecule has 4 heteroatoms. The van der Waals surface area contributed by atoms with Crippen LogP contribution in [0.1, 0.15) is 32.6 Å². The molecule has 1 aliphatic carbocycles. The molecule has 0 atom stereocenters. The highest BCUT2D eigenvalue weighted by molar-refractivity contribution is 4.89. The van der Waals surface area contributed by atoms with Crippen molar-refractivity contribution in [2.45, 2.75) is 32.6 Å². The van der Waals surface area contributed by atoms with E-state index in [9.17, 15) is 0 Å². The molecule has 0 aliphatic heterocycles. The van der Waals surface area contributed by atoms with Crippen LogP contribution in [0.4, 0.5) is 0 Å². The number of hydrogen-bond donors (Lipinski definition) is 3. The van der Waals surface area contributed by atoms with E-state index in [4.69, 9.17) is 10.2 Å². The normalized spacial score (nSPS) is 19.1. The van der Waals surface area contributed by atoms with Crippen molar-refractivity contribution in [1.29, 1.82) is 0 Å². The van der Waals surface area contributed by atoms with Gasteiger partial charge in [-0.1, -0.05) is 19.8 Å². The van der Waals surface area contributed by atoms with Crippen molar-refractivity contribution >= 4 is 0 Å². The smallest absolute Gasteiger partial charge is 0.0558 e. The molecule has 1 aliphatic rings. The van der Waals surface area contributed by atoms with Crippen LogP contribution in [0.5, 0.6) is 0 Å². The van der Waals surface area contributed by atoms with E-state index in [0.29, 0.717) is 18.5 Å². The summed E-state index contributed by atoms with van der Waals surface area (Å²) in [5, 5.41) is 21.6. The fourth-order valence-electron chi connectivity index (χ4n) is 2.93. The third kappa shape index (κ3) is 4.92. The molecule has 0 aromatic heterocycles. The molecule has 0 spiro atoms. The summed E-state index contributed by atoms with van der Waals surface area (Å²) in [6, 6.07) is 0. The summed E-state index contributed by atoms with van der Waals surface area (Å²) in [5.74, 6) is 0. The Morgan fingerprint density at radius 2 is 1.71 bits per heavy atom. The summed E-state index contributed by atoms with van der Waals surface area (Å²) >= 11 is 0. The van der Waals surface area contributed by atoms with Gasteiger partial charge in [0.25, 0.3) is 0 Å². The topological polar surface area (TPSA) is 55.7 Å². The Labute approximate surface area is 105 Å². The molecule has 0 unspecified atom stereocenters. The van der Waals surface area contributed by atoms with Crippen molar-refractivity contribution < 1.29 is 10.2 Å². The Bertz CT molecular complexity index is 188. The van der Waals surface area contributed by atoms with E-state index in [1.165, 1.54) is 25.7 Å². The number of hydrogen-bond acceptors (Lipinski definition) is 4. The number of aliphatic hydroxyl groups is 2. The van der Waals surface area contributed by atoms with Crippen LogP contribution in [-0.4, -0.2) is 61.1 Å². The number of aliphatic hydroxyl groups excluding tert-OH is 2. The van der Waals surface area contributed by atoms with Gasteiger partial charge in [-0.15, -0.1) is 0 Å². The average molecular weight is 244 g/mol. The number of nitrogens with one attached hydrogen (secondary N) is 1. The predicted octanol–water partition coefficient (Wildman–Crippen LogP) is 0.443. The lowest BCUT2D eigenvalue weighted by Crippen LogP contribution is -2.44. The van der Waals surface area contributed by atoms with Gasteiger partial charge in [-0.05, 0) is 24.8 Å². The highest BCUT2D eigenvalue weighted by atomic mass is 16.3. The first-order chi connectivity index (χ1) is 8.26. The van der Waals surface area contributed by atoms with Gasteiger partial charge in [0.15, 0.2) is 0 Å². The van der Waals surface area contributed by atoms with Crippen LogP contribution in [0.25, 0.3) is 0 Å². The van der Waals surface area contributed by atoms with Crippen LogP contribution in [0.3, 0.4) is 0 Å². The molecule has 0 aromatic rings. The summed E-state index contributed by atoms with van der Waals surface area (Å²) in [6.07, 6.45) is 5.18. The van der Waals surface area contributed by atoms with Gasteiger partial charge in [0.1, 0.15) is 0 Å². The van der Waals surface area contributed by atoms with E-state index in [0.717, 1.165) is 19.6 Å². The van der Waals surface area contributed by atoms with Gasteiger partial charge in [0.2, 0.25) is 0 Å². The summed E-state index contributed by atoms with van der Waals surface area (Å²) < 4.78 is 0. The molecule has 0 radical (unpaired) electrons. The second-order valence-electron chi connectivity index (χ2n) is 5.21. The summed E-state index contributed by atoms with van der Waals surface area (Å²) in [4.78, 5) is 2.20. The van der Waals surface area contributed by atoms with E-state index in [1.807, 2.05) is 0 Å². The molecule has 0 bridgehead atoms. The lowest BCUT2D eigenvalue weighted by molar-refractivity contribution is 0.105. The largest absolute Gasteiger partial charge is 0.395 e. The molecule has 0 saturated heterocycles. The molecular weight excluding hydrogens is 216 g/mol. The maximum Gasteiger partial charge on any atom is 0.0558 e. The zero-order chi connectivity index (χ0) is 12.6. The quantitative estimate of drug-likeness (QED) is 0.551. The molecule has 1 rings (SSSR count). The third-order valence-corrected chi connectivity index (χ3v) is 3.81. The van der Waals surface area contributed by atoms with Gasteiger partial charge in [-0.25, -0.2) is 0 Å². The van der Waals surface area contributed by atoms with Crippen LogP contribution in [0, 0.1) is 5.41 Å². The van der Waals surface area contributed by atoms with E-state index in [1.54, 1.807) is 0 Å². The molecule has 0 heterocycles. The van der Waals surface area contributed by atoms with Crippen LogP contribution < -0.4 is 5.32 Å². The third-order valence-electron chi connectivity index (χ3n) is 3.81. The first kappa shape index (κ1) is 14.9. The van der Waals surface area contributed by atoms with Crippen molar-refractivity contribution in [3.63, 3.8) is 0 Å². The molecule has 17 heavy (non-hydrogen) atoms. The number of rotatable bonds is 9. The molecular formula is C13H28N2O2. The maximum absolute atomic E-state index is 9.06. The number of nitrogens with zero attached hydrogens (tertiary/aromatic N) is 1. The summed E-state index contributed by atoms with van der Waals surface area (Å²) in [7, 11) is 0. The fraction of sp³-hybridized carbons (Fsp3) is 1.00. The van der Waals surface area contributed by atoms with Gasteiger partial charge < -0.3 is 15.5 Å². The van der Waals surface area contributed by atoms with Crippen LogP contribution >= 0.6 is 0 Å². The Balaban J connectivity index is 2.50. The molecule has 4 nitrogen and oxygen atoms in total. The van der Waals surface area contributed by atoms with E-state index in [-0.39, 0.29) is 13.2 Å². The van der Waals surface area contributed by atoms with Gasteiger partial charge >= 0.3 is 0 Å². The minimum atomic E-state index is 0.178. The first-order valence-corrected chi connectivity index (χ1v) is 6.91. The average Bonchev–Trinajstić information content (AvgIpc) is 2.76. The highest BCUT2D eigenvalue weighted by Crippen LogP contribution is 2.38. The van der Waals surface area contributed by atoms with Crippen molar-refractivity contribution in [2.75, 3.05) is 45.9 Å². The summed E-state index contributed by atoms with van der Waals surface area (Å²) in [6.45, 7) is 6.93. The minimum Gasteiger partial charge on any atom is -0.395 e. The van der Waals surface area contributed by atoms with Crippen molar-refractivity contribution in [3.8, 4) is 0 Å². The molecule has 102 valence electrons. The Hall–Kier alpha value is -0.160. The molecule has 1 saturated carbocycles. The second kappa shape index (κ2) is 8.03. The Morgan fingerprint density at radius 3 is 2.18 bits per heavy atom. The van der Waals surface area contributed by atoms with Crippen molar-refractivity contribution in [1.82, 2.24) is 10.2 Å². The first-order valence-electron chi connectivity index (χ1n) is 6.91. The standard InChI is InChI=1S/C13H28N2O2/c1-2-14-11-13(5-3-4-6-13)12-15(7-9-16)8-10-17/h14,16-17H,2-12H2,1H3. The van der Waals surface area contributed by atoms with Crippen molar-refractivity contribution in [3.05, 3.63) is 0 Å². The molecule has 0 aromatic carbocycles. The highest BCUT2D eigenvalue weighted by Gasteiger charge is 2.34. The monoisotopic (exact) mass is 244 g/mol. The van der Waals surface area contributed by atoms with E-state index >= 15 is 0 Å². The van der Waals surface area contributed by atoms with Crippen LogP contribution in [0.15, 0.2) is 0 Å². The predicted molar refractivity (Wildman–Crippen MR) is 70.1 cm³/mol. The lowest BCUT2D eigenvalue weighted by Gasteiger charge is -2.35. The SMILES string of the molecule is CCNCC1(CN(CCO)CCO)CCCC1. The van der Waals surface area contributed by atoms with E-state index in [2.05, 4.69) is 17.1 Å². The van der Waals surface area contributed by atoms with Gasteiger partial charge in [-0.3, -0.25) is 4.90 Å². The minimum absolute atomic E-state index is 0.178. The van der Waals surface area contributed by atoms with Gasteiger partial charge in [-0.2, -0.15) is 0 Å². The van der Waals surface area contributed by atoms with Crippen LogP contribution in [0.2, 0.25) is 0 Å².